The van der Waals surface area contributed by atoms with Gasteiger partial charge in [-0.2, -0.15) is 0 Å². The zero-order valence-corrected chi connectivity index (χ0v) is 9.38. The molecule has 0 amide bonds. The summed E-state index contributed by atoms with van der Waals surface area (Å²) in [6.45, 7) is 1.64. The fraction of sp³-hybridized carbons (Fsp3) is 0.375. The lowest BCUT2D eigenvalue weighted by molar-refractivity contribution is -0.143. The number of carbonyl (C=O) groups excluding carboxylic acids is 1. The minimum absolute atomic E-state index is 0.0393. The van der Waals surface area contributed by atoms with E-state index in [1.165, 1.54) is 6.20 Å². The Morgan fingerprint density at radius 1 is 1.60 bits per heavy atom. The molecule has 1 aromatic heterocycles. The maximum Gasteiger partial charge on any atom is 0.326 e. The third-order valence-electron chi connectivity index (χ3n) is 1.56. The topological polar surface area (TPSA) is 61.2 Å². The van der Waals surface area contributed by atoms with Crippen LogP contribution < -0.4 is 5.56 Å². The predicted molar refractivity (Wildman–Crippen MR) is 55.2 cm³/mol. The summed E-state index contributed by atoms with van der Waals surface area (Å²) < 4.78 is 5.67. The maximum atomic E-state index is 11.4. The van der Waals surface area contributed by atoms with E-state index in [0.717, 1.165) is 4.57 Å². The molecule has 0 saturated carbocycles. The van der Waals surface area contributed by atoms with Gasteiger partial charge in [0.2, 0.25) is 0 Å². The van der Waals surface area contributed by atoms with E-state index in [0.29, 0.717) is 0 Å². The molecule has 0 radical (unpaired) electrons. The highest BCUT2D eigenvalue weighted by Gasteiger charge is 2.11. The van der Waals surface area contributed by atoms with Crippen LogP contribution in [0.2, 0.25) is 10.3 Å². The maximum absolute atomic E-state index is 11.4. The summed E-state index contributed by atoms with van der Waals surface area (Å²) in [5, 5.41) is -0.193. The Bertz CT molecular complexity index is 430. The standard InChI is InChI=1S/C8H8Cl2N2O3/c1-2-15-6(13)4-12-5(9)3-11-7(10)8(12)14/h3H,2,4H2,1H3. The van der Waals surface area contributed by atoms with Crippen LogP contribution in [0.1, 0.15) is 6.92 Å². The van der Waals surface area contributed by atoms with Crippen molar-refractivity contribution in [1.29, 1.82) is 0 Å². The van der Waals surface area contributed by atoms with Crippen LogP contribution >= 0.6 is 23.2 Å². The van der Waals surface area contributed by atoms with Crippen LogP contribution in [0, 0.1) is 0 Å². The van der Waals surface area contributed by atoms with Gasteiger partial charge in [0.1, 0.15) is 11.7 Å². The quantitative estimate of drug-likeness (QED) is 0.755. The molecule has 0 unspecified atom stereocenters. The van der Waals surface area contributed by atoms with Crippen molar-refractivity contribution in [3.05, 3.63) is 26.9 Å². The zero-order valence-electron chi connectivity index (χ0n) is 7.87. The van der Waals surface area contributed by atoms with Crippen LogP contribution in [0.3, 0.4) is 0 Å². The van der Waals surface area contributed by atoms with Crippen molar-refractivity contribution >= 4 is 29.2 Å². The van der Waals surface area contributed by atoms with Crippen molar-refractivity contribution in [3.8, 4) is 0 Å². The van der Waals surface area contributed by atoms with Gasteiger partial charge in [-0.1, -0.05) is 23.2 Å². The van der Waals surface area contributed by atoms with E-state index < -0.39 is 11.5 Å². The van der Waals surface area contributed by atoms with Gasteiger partial charge < -0.3 is 4.74 Å². The van der Waals surface area contributed by atoms with Gasteiger partial charge in [0.15, 0.2) is 5.15 Å². The van der Waals surface area contributed by atoms with E-state index in [1.54, 1.807) is 6.92 Å². The second kappa shape index (κ2) is 5.14. The molecule has 0 spiro atoms. The van der Waals surface area contributed by atoms with Gasteiger partial charge in [-0.15, -0.1) is 0 Å². The van der Waals surface area contributed by atoms with Crippen molar-refractivity contribution in [2.75, 3.05) is 6.61 Å². The van der Waals surface area contributed by atoms with Crippen LogP contribution in [-0.4, -0.2) is 22.1 Å². The van der Waals surface area contributed by atoms with Crippen molar-refractivity contribution < 1.29 is 9.53 Å². The lowest BCUT2D eigenvalue weighted by Gasteiger charge is -2.06. The van der Waals surface area contributed by atoms with E-state index in [-0.39, 0.29) is 23.5 Å². The van der Waals surface area contributed by atoms with E-state index in [2.05, 4.69) is 9.72 Å². The van der Waals surface area contributed by atoms with Crippen molar-refractivity contribution in [1.82, 2.24) is 9.55 Å². The molecule has 0 aliphatic rings. The summed E-state index contributed by atoms with van der Waals surface area (Å²) in [6.07, 6.45) is 1.20. The number of halogens is 2. The van der Waals surface area contributed by atoms with Crippen molar-refractivity contribution in [3.63, 3.8) is 0 Å². The minimum atomic E-state index is -0.614. The lowest BCUT2D eigenvalue weighted by Crippen LogP contribution is -2.26. The first-order valence-electron chi connectivity index (χ1n) is 4.12. The molecule has 7 heteroatoms. The number of ether oxygens (including phenoxy) is 1. The summed E-state index contributed by atoms with van der Waals surface area (Å²) >= 11 is 11.2. The van der Waals surface area contributed by atoms with E-state index in [9.17, 15) is 9.59 Å². The molecule has 82 valence electrons. The average molecular weight is 251 g/mol. The normalized spacial score (nSPS) is 10.1. The molecule has 0 bridgehead atoms. The van der Waals surface area contributed by atoms with Crippen LogP contribution in [0.5, 0.6) is 0 Å². The first kappa shape index (κ1) is 12.0. The minimum Gasteiger partial charge on any atom is -0.465 e. The number of rotatable bonds is 3. The summed E-state index contributed by atoms with van der Waals surface area (Å²) in [5.41, 5.74) is -0.614. The molecule has 0 aromatic carbocycles. The van der Waals surface area contributed by atoms with Gasteiger partial charge in [-0.3, -0.25) is 14.2 Å². The second-order valence-electron chi connectivity index (χ2n) is 2.57. The molecular formula is C8H8Cl2N2O3. The Labute approximate surface area is 95.6 Å². The Morgan fingerprint density at radius 3 is 2.87 bits per heavy atom. The fourth-order valence-corrected chi connectivity index (χ4v) is 1.26. The molecular weight excluding hydrogens is 243 g/mol. The van der Waals surface area contributed by atoms with E-state index in [4.69, 9.17) is 23.2 Å². The Balaban J connectivity index is 2.99. The largest absolute Gasteiger partial charge is 0.465 e. The lowest BCUT2D eigenvalue weighted by atomic mass is 10.5. The van der Waals surface area contributed by atoms with Gasteiger partial charge in [0, 0.05) is 0 Å². The van der Waals surface area contributed by atoms with Crippen LogP contribution in [0.25, 0.3) is 0 Å². The summed E-state index contributed by atoms with van der Waals surface area (Å²) in [6, 6.07) is 0. The van der Waals surface area contributed by atoms with Crippen molar-refractivity contribution in [2.24, 2.45) is 0 Å². The molecule has 0 saturated heterocycles. The van der Waals surface area contributed by atoms with Crippen LogP contribution in [0.15, 0.2) is 11.0 Å². The summed E-state index contributed by atoms with van der Waals surface area (Å²) in [7, 11) is 0. The Morgan fingerprint density at radius 2 is 2.27 bits per heavy atom. The van der Waals surface area contributed by atoms with Gasteiger partial charge in [0.25, 0.3) is 5.56 Å². The molecule has 0 atom stereocenters. The third-order valence-corrected chi connectivity index (χ3v) is 2.12. The third kappa shape index (κ3) is 2.94. The number of aromatic nitrogens is 2. The molecule has 1 rings (SSSR count). The molecule has 1 aromatic rings. The number of carbonyl (C=O) groups is 1. The summed E-state index contributed by atoms with van der Waals surface area (Å²) in [4.78, 5) is 26.1. The first-order valence-corrected chi connectivity index (χ1v) is 4.88. The SMILES string of the molecule is CCOC(=O)Cn1c(Cl)cnc(Cl)c1=O. The first-order chi connectivity index (χ1) is 7.06. The Kier molecular flexibility index (Phi) is 4.11. The van der Waals surface area contributed by atoms with Crippen LogP contribution in [0.4, 0.5) is 0 Å². The molecule has 15 heavy (non-hydrogen) atoms. The smallest absolute Gasteiger partial charge is 0.326 e. The highest BCUT2D eigenvalue weighted by atomic mass is 35.5. The Hall–Kier alpha value is -1.07. The van der Waals surface area contributed by atoms with Gasteiger partial charge in [-0.25, -0.2) is 4.98 Å². The molecule has 0 aliphatic carbocycles. The van der Waals surface area contributed by atoms with Crippen LogP contribution in [-0.2, 0) is 16.1 Å². The van der Waals surface area contributed by atoms with E-state index in [1.807, 2.05) is 0 Å². The number of hydrogen-bond donors (Lipinski definition) is 0. The van der Waals surface area contributed by atoms with E-state index >= 15 is 0 Å². The zero-order chi connectivity index (χ0) is 11.4. The summed E-state index contributed by atoms with van der Waals surface area (Å²) in [5.74, 6) is -0.552. The predicted octanol–water partition coefficient (Wildman–Crippen LogP) is 1.11. The van der Waals surface area contributed by atoms with Gasteiger partial charge >= 0.3 is 5.97 Å². The van der Waals surface area contributed by atoms with Crippen molar-refractivity contribution in [2.45, 2.75) is 13.5 Å². The second-order valence-corrected chi connectivity index (χ2v) is 3.31. The average Bonchev–Trinajstić information content (AvgIpc) is 2.19. The molecule has 1 heterocycles. The monoisotopic (exact) mass is 250 g/mol. The highest BCUT2D eigenvalue weighted by molar-refractivity contribution is 6.31. The molecule has 0 N–H and O–H groups in total. The molecule has 0 aliphatic heterocycles. The van der Waals surface area contributed by atoms with Gasteiger partial charge in [-0.05, 0) is 6.92 Å². The highest BCUT2D eigenvalue weighted by Crippen LogP contribution is 2.06. The van der Waals surface area contributed by atoms with Gasteiger partial charge in [0.05, 0.1) is 12.8 Å². The number of esters is 1. The fourth-order valence-electron chi connectivity index (χ4n) is 0.926. The molecule has 5 nitrogen and oxygen atoms in total. The molecule has 0 fully saturated rings. The number of hydrogen-bond acceptors (Lipinski definition) is 4. The number of nitrogens with zero attached hydrogens (tertiary/aromatic N) is 2.